The molecule has 0 radical (unpaired) electrons. The Labute approximate surface area is 226 Å². The summed E-state index contributed by atoms with van der Waals surface area (Å²) in [6.45, 7) is 3.41. The molecule has 1 unspecified atom stereocenters. The lowest BCUT2D eigenvalue weighted by Gasteiger charge is -2.44. The van der Waals surface area contributed by atoms with Gasteiger partial charge >= 0.3 is 6.18 Å². The molecule has 1 saturated heterocycles. The first-order chi connectivity index (χ1) is 18.3. The van der Waals surface area contributed by atoms with Crippen LogP contribution >= 0.6 is 0 Å². The van der Waals surface area contributed by atoms with Gasteiger partial charge in [-0.1, -0.05) is 32.0 Å². The van der Waals surface area contributed by atoms with Gasteiger partial charge < -0.3 is 15.3 Å². The van der Waals surface area contributed by atoms with Crippen molar-refractivity contribution in [1.29, 1.82) is 0 Å². The molecule has 0 aromatic heterocycles. The second kappa shape index (κ2) is 10.9. The molecule has 7 nitrogen and oxygen atoms in total. The van der Waals surface area contributed by atoms with E-state index in [1.807, 2.05) is 6.92 Å². The van der Waals surface area contributed by atoms with Crippen LogP contribution in [0.15, 0.2) is 53.4 Å². The van der Waals surface area contributed by atoms with Gasteiger partial charge in [0.1, 0.15) is 6.04 Å². The number of likely N-dealkylation sites (tertiary alicyclic amines) is 1. The lowest BCUT2D eigenvalue weighted by atomic mass is 9.72. The van der Waals surface area contributed by atoms with Crippen molar-refractivity contribution < 1.29 is 36.3 Å². The number of halogens is 3. The van der Waals surface area contributed by atoms with E-state index >= 15 is 0 Å². The van der Waals surface area contributed by atoms with Crippen LogP contribution in [0.5, 0.6) is 0 Å². The maximum absolute atomic E-state index is 13.6. The summed E-state index contributed by atoms with van der Waals surface area (Å²) in [5.41, 5.74) is -1.64. The summed E-state index contributed by atoms with van der Waals surface area (Å²) in [5.74, 6) is -1.10. The summed E-state index contributed by atoms with van der Waals surface area (Å²) in [4.78, 5) is 28.8. The highest BCUT2D eigenvalue weighted by molar-refractivity contribution is 7.91. The maximum Gasteiger partial charge on any atom is 0.416 e. The van der Waals surface area contributed by atoms with Crippen molar-refractivity contribution in [2.24, 2.45) is 0 Å². The second-order valence-electron chi connectivity index (χ2n) is 10.3. The van der Waals surface area contributed by atoms with Gasteiger partial charge in [0.05, 0.1) is 27.9 Å². The summed E-state index contributed by atoms with van der Waals surface area (Å²) in [6, 6.07) is 8.04. The molecule has 2 aromatic carbocycles. The third-order valence-corrected chi connectivity index (χ3v) is 9.68. The van der Waals surface area contributed by atoms with Crippen LogP contribution in [0, 0.1) is 0 Å². The Kier molecular flexibility index (Phi) is 8.14. The number of hydrogen-bond acceptors (Lipinski definition) is 5. The number of sulfone groups is 1. The number of alkyl halides is 3. The smallest absolute Gasteiger partial charge is 0.387 e. The zero-order valence-electron chi connectivity index (χ0n) is 21.9. The number of benzene rings is 2. The molecule has 1 aliphatic heterocycles. The minimum atomic E-state index is -4.52. The van der Waals surface area contributed by atoms with Crippen LogP contribution in [0.3, 0.4) is 0 Å². The van der Waals surface area contributed by atoms with Gasteiger partial charge in [-0.3, -0.25) is 9.59 Å². The second-order valence-corrected chi connectivity index (χ2v) is 12.6. The van der Waals surface area contributed by atoms with Crippen molar-refractivity contribution >= 4 is 21.7 Å². The van der Waals surface area contributed by atoms with Gasteiger partial charge in [0.15, 0.2) is 9.84 Å². The fourth-order valence-electron chi connectivity index (χ4n) is 5.45. The summed E-state index contributed by atoms with van der Waals surface area (Å²) < 4.78 is 64.0. The number of amides is 2. The molecule has 0 spiro atoms. The number of hydrogen-bond donors (Lipinski definition) is 2. The topological polar surface area (TPSA) is 104 Å². The molecule has 2 aliphatic rings. The largest absolute Gasteiger partial charge is 0.416 e. The van der Waals surface area contributed by atoms with E-state index in [0.29, 0.717) is 44.1 Å². The minimum absolute atomic E-state index is 0.0265. The lowest BCUT2D eigenvalue weighted by molar-refractivity contribution is -0.137. The average Bonchev–Trinajstić information content (AvgIpc) is 3.34. The maximum atomic E-state index is 13.6. The molecule has 2 fully saturated rings. The van der Waals surface area contributed by atoms with Crippen molar-refractivity contribution in [2.45, 2.75) is 87.2 Å². The van der Waals surface area contributed by atoms with Crippen molar-refractivity contribution in [3.63, 3.8) is 0 Å². The molecule has 39 heavy (non-hydrogen) atoms. The fourth-order valence-corrected chi connectivity index (χ4v) is 6.37. The molecule has 4 rings (SSSR count). The predicted octanol–water partition coefficient (Wildman–Crippen LogP) is 4.65. The normalized spacial score (nSPS) is 21.7. The molecule has 1 saturated carbocycles. The highest BCUT2D eigenvalue weighted by Gasteiger charge is 2.47. The molecule has 11 heteroatoms. The summed E-state index contributed by atoms with van der Waals surface area (Å²) in [5, 5.41) is 14.0. The van der Waals surface area contributed by atoms with E-state index < -0.39 is 51.1 Å². The van der Waals surface area contributed by atoms with Gasteiger partial charge in [-0.2, -0.15) is 13.2 Å². The predicted molar refractivity (Wildman–Crippen MR) is 139 cm³/mol. The van der Waals surface area contributed by atoms with Crippen molar-refractivity contribution in [3.05, 3.63) is 65.2 Å². The lowest BCUT2D eigenvalue weighted by Crippen LogP contribution is -2.55. The molecule has 2 amide bonds. The van der Waals surface area contributed by atoms with E-state index in [2.05, 4.69) is 5.32 Å². The quantitative estimate of drug-likeness (QED) is 0.484. The third-order valence-electron chi connectivity index (χ3n) is 7.95. The van der Waals surface area contributed by atoms with E-state index in [9.17, 15) is 36.3 Å². The number of rotatable bonds is 8. The van der Waals surface area contributed by atoms with E-state index in [1.165, 1.54) is 48.2 Å². The SMILES string of the molecule is CC[C@@H]1CC[C@H](C(=O)NC(c2ccc(C(F)(F)F)cc2)C2(O)CCC2)N1C(=O)c1cccc(S(=O)(=O)CC)c1. The van der Waals surface area contributed by atoms with Gasteiger partial charge in [0.25, 0.3) is 5.91 Å². The standard InChI is InChI=1S/C28H33F3N2O5S/c1-3-21-13-14-23(33(21)26(35)19-7-5-8-22(17-19)39(37,38)4-2)25(34)32-24(27(36)15-6-16-27)18-9-11-20(12-10-18)28(29,30)31/h5,7-12,17,21,23-24,36H,3-4,6,13-16H2,1-2H3,(H,32,34)/t21-,23-,24?/m1/s1. The van der Waals surface area contributed by atoms with Crippen molar-refractivity contribution in [1.82, 2.24) is 10.2 Å². The van der Waals surface area contributed by atoms with Gasteiger partial charge in [0.2, 0.25) is 5.91 Å². The molecular formula is C28H33F3N2O5S. The molecule has 1 aliphatic carbocycles. The first kappa shape index (κ1) is 29.1. The number of aliphatic hydroxyl groups is 1. The Morgan fingerprint density at radius 3 is 2.31 bits per heavy atom. The van der Waals surface area contributed by atoms with Crippen LogP contribution in [-0.2, 0) is 20.8 Å². The van der Waals surface area contributed by atoms with Crippen LogP contribution in [0.25, 0.3) is 0 Å². The molecule has 1 heterocycles. The zero-order valence-corrected chi connectivity index (χ0v) is 22.7. The minimum Gasteiger partial charge on any atom is -0.387 e. The van der Waals surface area contributed by atoms with Crippen LogP contribution in [0.2, 0.25) is 0 Å². The number of nitrogens with one attached hydrogen (secondary N) is 1. The summed E-state index contributed by atoms with van der Waals surface area (Å²) >= 11 is 0. The number of carbonyl (C=O) groups excluding carboxylic acids is 2. The molecule has 2 aromatic rings. The van der Waals surface area contributed by atoms with E-state index in [0.717, 1.165) is 12.1 Å². The Morgan fingerprint density at radius 2 is 1.77 bits per heavy atom. The highest BCUT2D eigenvalue weighted by Crippen LogP contribution is 2.43. The average molecular weight is 567 g/mol. The fraction of sp³-hybridized carbons (Fsp3) is 0.500. The number of nitrogens with zero attached hydrogens (tertiary/aromatic N) is 1. The van der Waals surface area contributed by atoms with Gasteiger partial charge in [0, 0.05) is 11.6 Å². The zero-order chi connectivity index (χ0) is 28.6. The summed E-state index contributed by atoms with van der Waals surface area (Å²) in [6.07, 6.45) is -1.55. The van der Waals surface area contributed by atoms with Gasteiger partial charge in [-0.15, -0.1) is 0 Å². The first-order valence-corrected chi connectivity index (χ1v) is 14.8. The molecular weight excluding hydrogens is 533 g/mol. The van der Waals surface area contributed by atoms with Crippen molar-refractivity contribution in [2.75, 3.05) is 5.75 Å². The van der Waals surface area contributed by atoms with Crippen LogP contribution in [-0.4, -0.2) is 53.7 Å². The molecule has 212 valence electrons. The highest BCUT2D eigenvalue weighted by atomic mass is 32.2. The van der Waals surface area contributed by atoms with Crippen LogP contribution in [0.4, 0.5) is 13.2 Å². The number of carbonyl (C=O) groups is 2. The Morgan fingerprint density at radius 1 is 1.10 bits per heavy atom. The van der Waals surface area contributed by atoms with E-state index in [1.54, 1.807) is 0 Å². The van der Waals surface area contributed by atoms with Gasteiger partial charge in [-0.25, -0.2) is 8.42 Å². The first-order valence-electron chi connectivity index (χ1n) is 13.2. The Bertz CT molecular complexity index is 1320. The molecule has 2 N–H and O–H groups in total. The molecule has 0 bridgehead atoms. The molecule has 3 atom stereocenters. The van der Waals surface area contributed by atoms with Crippen LogP contribution < -0.4 is 5.32 Å². The Balaban J connectivity index is 1.61. The monoisotopic (exact) mass is 566 g/mol. The summed E-state index contributed by atoms with van der Waals surface area (Å²) in [7, 11) is -3.55. The van der Waals surface area contributed by atoms with E-state index in [4.69, 9.17) is 0 Å². The van der Waals surface area contributed by atoms with Crippen molar-refractivity contribution in [3.8, 4) is 0 Å². The van der Waals surface area contributed by atoms with E-state index in [-0.39, 0.29) is 22.3 Å². The third kappa shape index (κ3) is 5.84. The van der Waals surface area contributed by atoms with Gasteiger partial charge in [-0.05, 0) is 74.4 Å². The van der Waals surface area contributed by atoms with Crippen LogP contribution in [0.1, 0.15) is 79.9 Å². The Hall–Kier alpha value is -2.92.